The van der Waals surface area contributed by atoms with Crippen LogP contribution in [0.5, 0.6) is 11.5 Å². The summed E-state index contributed by atoms with van der Waals surface area (Å²) in [6, 6.07) is 12.5. The molecule has 0 bridgehead atoms. The second kappa shape index (κ2) is 8.84. The zero-order chi connectivity index (χ0) is 22.7. The molecule has 0 aliphatic rings. The molecule has 32 heavy (non-hydrogen) atoms. The molecular weight excluding hydrogens is 415 g/mol. The minimum Gasteiger partial charge on any atom is -0.497 e. The number of hydrogen-bond donors (Lipinski definition) is 0. The van der Waals surface area contributed by atoms with E-state index in [-0.39, 0.29) is 17.6 Å². The molecule has 0 aliphatic carbocycles. The Morgan fingerprint density at radius 3 is 2.47 bits per heavy atom. The van der Waals surface area contributed by atoms with Crippen molar-refractivity contribution >= 4 is 17.5 Å². The number of amides is 1. The molecule has 0 N–H and O–H groups in total. The fourth-order valence-corrected chi connectivity index (χ4v) is 3.30. The standard InChI is InChI=1S/C23H19FN4O4/c1-14(29)28(19-12-17(30-2)8-9-20(19)31-3)23-21(18-10-11-25-13-26-18)22(27-32-23)15-4-6-16(24)7-5-15/h4-13H,1-3H3. The molecule has 0 atom stereocenters. The smallest absolute Gasteiger partial charge is 0.248 e. The van der Waals surface area contributed by atoms with Crippen LogP contribution in [0.4, 0.5) is 16.0 Å². The van der Waals surface area contributed by atoms with Crippen LogP contribution < -0.4 is 14.4 Å². The van der Waals surface area contributed by atoms with Crippen LogP contribution in [0.2, 0.25) is 0 Å². The summed E-state index contributed by atoms with van der Waals surface area (Å²) in [4.78, 5) is 22.5. The lowest BCUT2D eigenvalue weighted by atomic mass is 10.0. The van der Waals surface area contributed by atoms with Crippen molar-refractivity contribution < 1.29 is 23.2 Å². The Balaban J connectivity index is 1.98. The van der Waals surface area contributed by atoms with Gasteiger partial charge < -0.3 is 14.0 Å². The van der Waals surface area contributed by atoms with Crippen molar-refractivity contribution in [3.63, 3.8) is 0 Å². The van der Waals surface area contributed by atoms with Gasteiger partial charge in [0.15, 0.2) is 0 Å². The number of carbonyl (C=O) groups is 1. The molecule has 0 aliphatic heterocycles. The molecule has 162 valence electrons. The molecule has 0 saturated carbocycles. The molecule has 0 saturated heterocycles. The molecule has 2 aromatic heterocycles. The number of hydrogen-bond acceptors (Lipinski definition) is 7. The van der Waals surface area contributed by atoms with Gasteiger partial charge in [-0.2, -0.15) is 0 Å². The van der Waals surface area contributed by atoms with E-state index in [0.717, 1.165) is 0 Å². The van der Waals surface area contributed by atoms with Crippen LogP contribution in [0.25, 0.3) is 22.5 Å². The number of nitrogens with zero attached hydrogens (tertiary/aromatic N) is 4. The number of anilines is 2. The Hall–Kier alpha value is -4.27. The molecule has 0 unspecified atom stereocenters. The van der Waals surface area contributed by atoms with Crippen molar-refractivity contribution in [1.29, 1.82) is 0 Å². The molecule has 9 heteroatoms. The van der Waals surface area contributed by atoms with E-state index >= 15 is 0 Å². The van der Waals surface area contributed by atoms with Crippen molar-refractivity contribution in [3.8, 4) is 34.0 Å². The van der Waals surface area contributed by atoms with Crippen LogP contribution in [-0.4, -0.2) is 35.3 Å². The van der Waals surface area contributed by atoms with Crippen molar-refractivity contribution in [3.05, 3.63) is 66.9 Å². The Morgan fingerprint density at radius 2 is 1.84 bits per heavy atom. The zero-order valence-electron chi connectivity index (χ0n) is 17.6. The topological polar surface area (TPSA) is 90.6 Å². The zero-order valence-corrected chi connectivity index (χ0v) is 17.6. The van der Waals surface area contributed by atoms with Crippen LogP contribution in [-0.2, 0) is 4.79 Å². The van der Waals surface area contributed by atoms with Gasteiger partial charge >= 0.3 is 0 Å². The van der Waals surface area contributed by atoms with Gasteiger partial charge in [0, 0.05) is 24.8 Å². The summed E-state index contributed by atoms with van der Waals surface area (Å²) >= 11 is 0. The fourth-order valence-electron chi connectivity index (χ4n) is 3.30. The van der Waals surface area contributed by atoms with Gasteiger partial charge in [-0.1, -0.05) is 5.16 Å². The first kappa shape index (κ1) is 21.0. The normalized spacial score (nSPS) is 10.6. The first-order chi connectivity index (χ1) is 15.5. The highest BCUT2D eigenvalue weighted by Gasteiger charge is 2.30. The fraction of sp³-hybridized carbons (Fsp3) is 0.130. The molecule has 0 radical (unpaired) electrons. The van der Waals surface area contributed by atoms with Crippen LogP contribution in [0.15, 0.2) is 65.6 Å². The lowest BCUT2D eigenvalue weighted by Gasteiger charge is -2.22. The SMILES string of the molecule is COc1ccc(OC)c(N(C(C)=O)c2onc(-c3ccc(F)cc3)c2-c2ccncn2)c1. The molecule has 8 nitrogen and oxygen atoms in total. The number of benzene rings is 2. The minimum atomic E-state index is -0.382. The van der Waals surface area contributed by atoms with Crippen LogP contribution in [0.3, 0.4) is 0 Å². The summed E-state index contributed by atoms with van der Waals surface area (Å²) in [6.45, 7) is 1.39. The predicted molar refractivity (Wildman–Crippen MR) is 115 cm³/mol. The number of halogens is 1. The minimum absolute atomic E-state index is 0.127. The van der Waals surface area contributed by atoms with Crippen LogP contribution in [0.1, 0.15) is 6.92 Å². The Morgan fingerprint density at radius 1 is 1.06 bits per heavy atom. The first-order valence-electron chi connectivity index (χ1n) is 9.58. The Bertz CT molecular complexity index is 1240. The summed E-state index contributed by atoms with van der Waals surface area (Å²) in [7, 11) is 3.02. The van der Waals surface area contributed by atoms with Gasteiger partial charge in [0.2, 0.25) is 11.8 Å². The summed E-state index contributed by atoms with van der Waals surface area (Å²) in [6.07, 6.45) is 2.95. The van der Waals surface area contributed by atoms with E-state index in [9.17, 15) is 9.18 Å². The van der Waals surface area contributed by atoms with Gasteiger partial charge in [-0.15, -0.1) is 0 Å². The summed E-state index contributed by atoms with van der Waals surface area (Å²) in [5.74, 6) is 0.339. The summed E-state index contributed by atoms with van der Waals surface area (Å²) in [5.41, 5.74) is 2.31. The van der Waals surface area contributed by atoms with E-state index in [0.29, 0.717) is 39.7 Å². The third-order valence-electron chi connectivity index (χ3n) is 4.77. The van der Waals surface area contributed by atoms with E-state index in [1.54, 1.807) is 42.6 Å². The maximum Gasteiger partial charge on any atom is 0.248 e. The largest absolute Gasteiger partial charge is 0.497 e. The van der Waals surface area contributed by atoms with Crippen LogP contribution >= 0.6 is 0 Å². The second-order valence-electron chi connectivity index (χ2n) is 6.71. The molecule has 0 fully saturated rings. The van der Waals surface area contributed by atoms with E-state index in [1.165, 1.54) is 44.5 Å². The van der Waals surface area contributed by atoms with Crippen LogP contribution in [0, 0.1) is 5.82 Å². The average molecular weight is 434 g/mol. The number of ether oxygens (including phenoxy) is 2. The van der Waals surface area contributed by atoms with E-state index in [4.69, 9.17) is 14.0 Å². The maximum atomic E-state index is 13.5. The molecular formula is C23H19FN4O4. The molecule has 0 spiro atoms. The lowest BCUT2D eigenvalue weighted by Crippen LogP contribution is -2.23. The van der Waals surface area contributed by atoms with Crippen molar-refractivity contribution in [2.75, 3.05) is 19.1 Å². The van der Waals surface area contributed by atoms with Crippen molar-refractivity contribution in [1.82, 2.24) is 15.1 Å². The number of aromatic nitrogens is 3. The maximum absolute atomic E-state index is 13.5. The van der Waals surface area contributed by atoms with Gasteiger partial charge in [0.05, 0.1) is 31.2 Å². The first-order valence-corrected chi connectivity index (χ1v) is 9.58. The quantitative estimate of drug-likeness (QED) is 0.437. The van der Waals surface area contributed by atoms with Crippen molar-refractivity contribution in [2.45, 2.75) is 6.92 Å². The Labute approximate surface area is 183 Å². The number of rotatable bonds is 6. The lowest BCUT2D eigenvalue weighted by molar-refractivity contribution is -0.116. The Kier molecular flexibility index (Phi) is 5.80. The third-order valence-corrected chi connectivity index (χ3v) is 4.77. The molecule has 1 amide bonds. The molecule has 2 aromatic carbocycles. The number of carbonyl (C=O) groups excluding carboxylic acids is 1. The molecule has 2 heterocycles. The van der Waals surface area contributed by atoms with Gasteiger partial charge in [0.25, 0.3) is 0 Å². The highest BCUT2D eigenvalue weighted by molar-refractivity contribution is 6.04. The predicted octanol–water partition coefficient (Wildman–Crippen LogP) is 4.64. The van der Waals surface area contributed by atoms with E-state index in [2.05, 4.69) is 15.1 Å². The highest BCUT2D eigenvalue weighted by atomic mass is 19.1. The van der Waals surface area contributed by atoms with Gasteiger partial charge in [0.1, 0.15) is 29.3 Å². The van der Waals surface area contributed by atoms with E-state index in [1.807, 2.05) is 0 Å². The third kappa shape index (κ3) is 3.87. The van der Waals surface area contributed by atoms with Gasteiger partial charge in [-0.05, 0) is 42.5 Å². The summed E-state index contributed by atoms with van der Waals surface area (Å²) < 4.78 is 30.0. The second-order valence-corrected chi connectivity index (χ2v) is 6.71. The monoisotopic (exact) mass is 434 g/mol. The average Bonchev–Trinajstić information content (AvgIpc) is 3.24. The van der Waals surface area contributed by atoms with E-state index < -0.39 is 0 Å². The molecule has 4 rings (SSSR count). The highest BCUT2D eigenvalue weighted by Crippen LogP contribution is 2.44. The van der Waals surface area contributed by atoms with Crippen molar-refractivity contribution in [2.24, 2.45) is 0 Å². The number of methoxy groups -OCH3 is 2. The van der Waals surface area contributed by atoms with Gasteiger partial charge in [-0.3, -0.25) is 4.79 Å². The summed E-state index contributed by atoms with van der Waals surface area (Å²) in [5, 5.41) is 4.20. The molecule has 4 aromatic rings. The van der Waals surface area contributed by atoms with Gasteiger partial charge in [-0.25, -0.2) is 19.3 Å².